The summed E-state index contributed by atoms with van der Waals surface area (Å²) in [7, 11) is 0. The summed E-state index contributed by atoms with van der Waals surface area (Å²) in [4.78, 5) is 23.0. The third-order valence-electron chi connectivity index (χ3n) is 4.69. The van der Waals surface area contributed by atoms with Crippen molar-refractivity contribution in [2.75, 3.05) is 23.3 Å². The van der Waals surface area contributed by atoms with Gasteiger partial charge in [0.25, 0.3) is 0 Å². The van der Waals surface area contributed by atoms with Gasteiger partial charge >= 0.3 is 0 Å². The number of aromatic nitrogens is 5. The second kappa shape index (κ2) is 7.53. The molecule has 8 heteroatoms. The Hall–Kier alpha value is -3.29. The SMILES string of the molecule is Cc1ccnc(NC(=O)C2CCCN(c3ccc(-n4ccnc4)nn3)C2)c1. The van der Waals surface area contributed by atoms with Crippen molar-refractivity contribution in [2.45, 2.75) is 19.8 Å². The van der Waals surface area contributed by atoms with Gasteiger partial charge in [-0.2, -0.15) is 0 Å². The van der Waals surface area contributed by atoms with Crippen LogP contribution in [0.4, 0.5) is 11.6 Å². The van der Waals surface area contributed by atoms with Gasteiger partial charge in [0, 0.05) is 31.7 Å². The molecule has 1 N–H and O–H groups in total. The summed E-state index contributed by atoms with van der Waals surface area (Å²) < 4.78 is 1.80. The molecule has 8 nitrogen and oxygen atoms in total. The van der Waals surface area contributed by atoms with E-state index in [1.165, 1.54) is 0 Å². The fourth-order valence-corrected chi connectivity index (χ4v) is 3.25. The van der Waals surface area contributed by atoms with Gasteiger partial charge in [-0.15, -0.1) is 10.2 Å². The monoisotopic (exact) mass is 363 g/mol. The van der Waals surface area contributed by atoms with Crippen molar-refractivity contribution in [1.29, 1.82) is 0 Å². The summed E-state index contributed by atoms with van der Waals surface area (Å²) in [6.45, 7) is 3.47. The second-order valence-corrected chi connectivity index (χ2v) is 6.71. The first kappa shape index (κ1) is 17.1. The highest BCUT2D eigenvalue weighted by Crippen LogP contribution is 2.23. The molecule has 4 heterocycles. The highest BCUT2D eigenvalue weighted by molar-refractivity contribution is 5.92. The highest BCUT2D eigenvalue weighted by Gasteiger charge is 2.27. The van der Waals surface area contributed by atoms with E-state index in [1.54, 1.807) is 23.3 Å². The Balaban J connectivity index is 1.42. The van der Waals surface area contributed by atoms with E-state index in [0.717, 1.165) is 30.8 Å². The van der Waals surface area contributed by atoms with Gasteiger partial charge in [-0.1, -0.05) is 0 Å². The first-order valence-corrected chi connectivity index (χ1v) is 8.99. The van der Waals surface area contributed by atoms with Crippen LogP contribution in [0, 0.1) is 12.8 Å². The number of carbonyl (C=O) groups excluding carboxylic acids is 1. The van der Waals surface area contributed by atoms with E-state index in [4.69, 9.17) is 0 Å². The quantitative estimate of drug-likeness (QED) is 0.765. The number of anilines is 2. The summed E-state index contributed by atoms with van der Waals surface area (Å²) in [5.41, 5.74) is 1.07. The zero-order valence-corrected chi connectivity index (χ0v) is 15.1. The molecule has 1 saturated heterocycles. The number of imidazole rings is 1. The maximum absolute atomic E-state index is 12.6. The number of hydrogen-bond acceptors (Lipinski definition) is 6. The van der Waals surface area contributed by atoms with Gasteiger partial charge in [0.2, 0.25) is 5.91 Å². The lowest BCUT2D eigenvalue weighted by atomic mass is 9.97. The molecular formula is C19H21N7O. The van der Waals surface area contributed by atoms with Crippen LogP contribution in [-0.4, -0.2) is 43.7 Å². The van der Waals surface area contributed by atoms with Crippen LogP contribution in [0.3, 0.4) is 0 Å². The normalized spacial score (nSPS) is 16.9. The molecular weight excluding hydrogens is 342 g/mol. The van der Waals surface area contributed by atoms with Crippen LogP contribution in [0.25, 0.3) is 5.82 Å². The average Bonchev–Trinajstić information content (AvgIpc) is 3.23. The lowest BCUT2D eigenvalue weighted by Crippen LogP contribution is -2.41. The summed E-state index contributed by atoms with van der Waals surface area (Å²) >= 11 is 0. The topological polar surface area (TPSA) is 88.8 Å². The van der Waals surface area contributed by atoms with Crippen molar-refractivity contribution in [3.8, 4) is 5.82 Å². The third kappa shape index (κ3) is 3.94. The standard InChI is InChI=1S/C19H21N7O/c1-14-6-7-21-16(11-14)22-19(27)15-3-2-9-25(12-15)17-4-5-18(24-23-17)26-10-8-20-13-26/h4-8,10-11,13,15H,2-3,9,12H2,1H3,(H,21,22,27). The molecule has 138 valence electrons. The second-order valence-electron chi connectivity index (χ2n) is 6.71. The first-order chi connectivity index (χ1) is 13.2. The summed E-state index contributed by atoms with van der Waals surface area (Å²) in [5.74, 6) is 2.00. The van der Waals surface area contributed by atoms with Crippen molar-refractivity contribution in [1.82, 2.24) is 24.7 Å². The molecule has 0 saturated carbocycles. The van der Waals surface area contributed by atoms with E-state index in [1.807, 2.05) is 37.4 Å². The molecule has 0 radical (unpaired) electrons. The van der Waals surface area contributed by atoms with Crippen LogP contribution >= 0.6 is 0 Å². The van der Waals surface area contributed by atoms with Crippen LogP contribution in [0.15, 0.2) is 49.2 Å². The average molecular weight is 363 g/mol. The molecule has 1 amide bonds. The number of nitrogens with one attached hydrogen (secondary N) is 1. The Bertz CT molecular complexity index is 908. The number of piperidine rings is 1. The molecule has 1 atom stereocenters. The predicted molar refractivity (Wildman–Crippen MR) is 102 cm³/mol. The molecule has 1 aliphatic rings. The van der Waals surface area contributed by atoms with E-state index in [9.17, 15) is 4.79 Å². The largest absolute Gasteiger partial charge is 0.354 e. The molecule has 0 spiro atoms. The summed E-state index contributed by atoms with van der Waals surface area (Å²) in [6.07, 6.45) is 8.70. The molecule has 3 aromatic heterocycles. The zero-order valence-electron chi connectivity index (χ0n) is 15.1. The predicted octanol–water partition coefficient (Wildman–Crippen LogP) is 2.22. The Morgan fingerprint density at radius 3 is 2.78 bits per heavy atom. The molecule has 27 heavy (non-hydrogen) atoms. The van der Waals surface area contributed by atoms with Crippen molar-refractivity contribution in [2.24, 2.45) is 5.92 Å². The van der Waals surface area contributed by atoms with Gasteiger partial charge in [0.1, 0.15) is 12.1 Å². The highest BCUT2D eigenvalue weighted by atomic mass is 16.2. The Labute approximate surface area is 157 Å². The minimum Gasteiger partial charge on any atom is -0.354 e. The van der Waals surface area contributed by atoms with Crippen molar-refractivity contribution in [3.63, 3.8) is 0 Å². The number of aryl methyl sites for hydroxylation is 1. The minimum absolute atomic E-state index is 0.000736. The zero-order chi connectivity index (χ0) is 18.6. The summed E-state index contributed by atoms with van der Waals surface area (Å²) in [6, 6.07) is 7.62. The van der Waals surface area contributed by atoms with Crippen molar-refractivity contribution >= 4 is 17.5 Å². The lowest BCUT2D eigenvalue weighted by Gasteiger charge is -2.32. The number of nitrogens with zero attached hydrogens (tertiary/aromatic N) is 6. The Morgan fingerprint density at radius 2 is 2.04 bits per heavy atom. The van der Waals surface area contributed by atoms with Crippen LogP contribution in [-0.2, 0) is 4.79 Å². The molecule has 1 unspecified atom stereocenters. The van der Waals surface area contributed by atoms with E-state index in [-0.39, 0.29) is 11.8 Å². The fraction of sp³-hybridized carbons (Fsp3) is 0.316. The molecule has 0 aliphatic carbocycles. The molecule has 0 bridgehead atoms. The van der Waals surface area contributed by atoms with E-state index < -0.39 is 0 Å². The first-order valence-electron chi connectivity index (χ1n) is 8.99. The van der Waals surface area contributed by atoms with Gasteiger partial charge in [-0.05, 0) is 49.6 Å². The van der Waals surface area contributed by atoms with Crippen LogP contribution in [0.1, 0.15) is 18.4 Å². The number of pyridine rings is 1. The van der Waals surface area contributed by atoms with E-state index >= 15 is 0 Å². The molecule has 3 aromatic rings. The maximum Gasteiger partial charge on any atom is 0.230 e. The van der Waals surface area contributed by atoms with Crippen LogP contribution < -0.4 is 10.2 Å². The minimum atomic E-state index is -0.101. The van der Waals surface area contributed by atoms with Gasteiger partial charge in [-0.3, -0.25) is 9.36 Å². The van der Waals surface area contributed by atoms with Crippen LogP contribution in [0.5, 0.6) is 0 Å². The van der Waals surface area contributed by atoms with Gasteiger partial charge in [0.15, 0.2) is 11.6 Å². The Morgan fingerprint density at radius 1 is 1.19 bits per heavy atom. The van der Waals surface area contributed by atoms with E-state index in [2.05, 4.69) is 30.4 Å². The molecule has 4 rings (SSSR count). The molecule has 0 aromatic carbocycles. The van der Waals surface area contributed by atoms with Gasteiger partial charge in [0.05, 0.1) is 5.92 Å². The van der Waals surface area contributed by atoms with Crippen LogP contribution in [0.2, 0.25) is 0 Å². The fourth-order valence-electron chi connectivity index (χ4n) is 3.25. The van der Waals surface area contributed by atoms with Crippen molar-refractivity contribution < 1.29 is 4.79 Å². The number of carbonyl (C=O) groups is 1. The van der Waals surface area contributed by atoms with Gasteiger partial charge < -0.3 is 10.2 Å². The van der Waals surface area contributed by atoms with E-state index in [0.29, 0.717) is 18.2 Å². The maximum atomic E-state index is 12.6. The number of amides is 1. The third-order valence-corrected chi connectivity index (χ3v) is 4.69. The smallest absolute Gasteiger partial charge is 0.230 e. The molecule has 1 fully saturated rings. The lowest BCUT2D eigenvalue weighted by molar-refractivity contribution is -0.120. The van der Waals surface area contributed by atoms with Crippen molar-refractivity contribution in [3.05, 3.63) is 54.7 Å². The molecule has 1 aliphatic heterocycles. The van der Waals surface area contributed by atoms with Gasteiger partial charge in [-0.25, -0.2) is 9.97 Å². The Kier molecular flexibility index (Phi) is 4.78. The number of rotatable bonds is 4. The number of hydrogen-bond donors (Lipinski definition) is 1. The summed E-state index contributed by atoms with van der Waals surface area (Å²) in [5, 5.41) is 11.5.